The third-order valence-electron chi connectivity index (χ3n) is 3.79. The number of aromatic nitrogens is 2. The van der Waals surface area contributed by atoms with Crippen LogP contribution in [0.3, 0.4) is 0 Å². The first-order valence-electron chi connectivity index (χ1n) is 7.97. The van der Waals surface area contributed by atoms with Crippen LogP contribution in [0.5, 0.6) is 0 Å². The van der Waals surface area contributed by atoms with E-state index in [1.54, 1.807) is 12.1 Å². The van der Waals surface area contributed by atoms with Crippen LogP contribution in [0.25, 0.3) is 0 Å². The van der Waals surface area contributed by atoms with Gasteiger partial charge in [-0.2, -0.15) is 13.2 Å². The molecule has 1 amide bonds. The quantitative estimate of drug-likeness (QED) is 0.690. The van der Waals surface area contributed by atoms with E-state index in [1.807, 2.05) is 19.1 Å². The van der Waals surface area contributed by atoms with Crippen molar-refractivity contribution in [3.63, 3.8) is 0 Å². The summed E-state index contributed by atoms with van der Waals surface area (Å²) >= 11 is 0. The Morgan fingerprint density at radius 2 is 1.63 bits per heavy atom. The number of anilines is 3. The van der Waals surface area contributed by atoms with Crippen LogP contribution < -0.4 is 10.6 Å². The summed E-state index contributed by atoms with van der Waals surface area (Å²) in [7, 11) is 0. The molecule has 0 fully saturated rings. The number of amides is 1. The van der Waals surface area contributed by atoms with Crippen LogP contribution in [0.2, 0.25) is 0 Å². The van der Waals surface area contributed by atoms with Gasteiger partial charge in [-0.3, -0.25) is 4.79 Å². The van der Waals surface area contributed by atoms with Gasteiger partial charge in [-0.1, -0.05) is 30.3 Å². The lowest BCUT2D eigenvalue weighted by Crippen LogP contribution is -2.15. The van der Waals surface area contributed by atoms with E-state index in [4.69, 9.17) is 0 Å². The number of nitrogens with one attached hydrogen (secondary N) is 2. The van der Waals surface area contributed by atoms with E-state index in [-0.39, 0.29) is 17.2 Å². The third-order valence-corrected chi connectivity index (χ3v) is 3.79. The molecule has 0 aliphatic carbocycles. The van der Waals surface area contributed by atoms with E-state index in [1.165, 1.54) is 24.3 Å². The Balaban J connectivity index is 1.83. The van der Waals surface area contributed by atoms with E-state index < -0.39 is 17.6 Å². The molecular weight excluding hydrogens is 357 g/mol. The van der Waals surface area contributed by atoms with Gasteiger partial charge in [0.25, 0.3) is 5.91 Å². The standard InChI is InChI=1S/C19H15F3N4O/c1-12-6-2-4-8-14(12)26-18(27)16-10-17(24-11-23-16)25-15-9-5-3-7-13(15)19(20,21)22/h2-11H,1H3,(H,26,27)(H,23,24,25). The van der Waals surface area contributed by atoms with Crippen LogP contribution >= 0.6 is 0 Å². The molecule has 0 saturated carbocycles. The monoisotopic (exact) mass is 372 g/mol. The molecule has 8 heteroatoms. The van der Waals surface area contributed by atoms with Crippen molar-refractivity contribution >= 4 is 23.1 Å². The van der Waals surface area contributed by atoms with E-state index >= 15 is 0 Å². The summed E-state index contributed by atoms with van der Waals surface area (Å²) < 4.78 is 39.3. The summed E-state index contributed by atoms with van der Waals surface area (Å²) in [5.41, 5.74) is 0.541. The smallest absolute Gasteiger partial charge is 0.340 e. The summed E-state index contributed by atoms with van der Waals surface area (Å²) in [5.74, 6) is -0.407. The van der Waals surface area contributed by atoms with Crippen molar-refractivity contribution < 1.29 is 18.0 Å². The van der Waals surface area contributed by atoms with Crippen LogP contribution in [0.4, 0.5) is 30.4 Å². The molecule has 3 rings (SSSR count). The lowest BCUT2D eigenvalue weighted by Gasteiger charge is -2.14. The van der Waals surface area contributed by atoms with Crippen molar-refractivity contribution in [1.29, 1.82) is 0 Å². The second kappa shape index (κ2) is 7.45. The van der Waals surface area contributed by atoms with Crippen LogP contribution in [-0.4, -0.2) is 15.9 Å². The maximum atomic E-state index is 13.1. The highest BCUT2D eigenvalue weighted by Crippen LogP contribution is 2.35. The molecule has 0 spiro atoms. The topological polar surface area (TPSA) is 66.9 Å². The number of alkyl halides is 3. The predicted octanol–water partition coefficient (Wildman–Crippen LogP) is 4.80. The Kier molecular flexibility index (Phi) is 5.07. The van der Waals surface area contributed by atoms with Gasteiger partial charge in [0.1, 0.15) is 17.8 Å². The Labute approximate surface area is 153 Å². The fraction of sp³-hybridized carbons (Fsp3) is 0.105. The summed E-state index contributed by atoms with van der Waals surface area (Å²) in [6.45, 7) is 1.84. The Hall–Kier alpha value is -3.42. The summed E-state index contributed by atoms with van der Waals surface area (Å²) in [4.78, 5) is 20.2. The zero-order valence-electron chi connectivity index (χ0n) is 14.2. The van der Waals surface area contributed by atoms with Crippen molar-refractivity contribution in [1.82, 2.24) is 9.97 Å². The van der Waals surface area contributed by atoms with Gasteiger partial charge in [0, 0.05) is 11.8 Å². The van der Waals surface area contributed by atoms with E-state index in [0.717, 1.165) is 18.0 Å². The number of carbonyl (C=O) groups is 1. The number of carbonyl (C=O) groups excluding carboxylic acids is 1. The number of para-hydroxylation sites is 2. The SMILES string of the molecule is Cc1ccccc1NC(=O)c1cc(Nc2ccccc2C(F)(F)F)ncn1. The van der Waals surface area contributed by atoms with Crippen molar-refractivity contribution in [2.24, 2.45) is 0 Å². The highest BCUT2D eigenvalue weighted by atomic mass is 19.4. The van der Waals surface area contributed by atoms with Crippen molar-refractivity contribution in [2.45, 2.75) is 13.1 Å². The van der Waals surface area contributed by atoms with Gasteiger partial charge in [-0.25, -0.2) is 9.97 Å². The molecule has 138 valence electrons. The van der Waals surface area contributed by atoms with Crippen LogP contribution in [0.15, 0.2) is 60.9 Å². The fourth-order valence-corrected chi connectivity index (χ4v) is 2.43. The lowest BCUT2D eigenvalue weighted by molar-refractivity contribution is -0.136. The number of hydrogen-bond donors (Lipinski definition) is 2. The first-order valence-corrected chi connectivity index (χ1v) is 7.97. The maximum absolute atomic E-state index is 13.1. The van der Waals surface area contributed by atoms with E-state index in [9.17, 15) is 18.0 Å². The molecule has 0 radical (unpaired) electrons. The van der Waals surface area contributed by atoms with E-state index in [0.29, 0.717) is 5.69 Å². The summed E-state index contributed by atoms with van der Waals surface area (Å²) in [6.07, 6.45) is -3.40. The molecule has 0 atom stereocenters. The Bertz CT molecular complexity index is 973. The molecular formula is C19H15F3N4O. The first-order chi connectivity index (χ1) is 12.8. The van der Waals surface area contributed by atoms with Gasteiger partial charge in [0.2, 0.25) is 0 Å². The Morgan fingerprint density at radius 3 is 2.33 bits per heavy atom. The predicted molar refractivity (Wildman–Crippen MR) is 95.9 cm³/mol. The minimum atomic E-state index is -4.51. The van der Waals surface area contributed by atoms with Gasteiger partial charge < -0.3 is 10.6 Å². The number of nitrogens with zero attached hydrogens (tertiary/aromatic N) is 2. The summed E-state index contributed by atoms with van der Waals surface area (Å²) in [5, 5.41) is 5.31. The van der Waals surface area contributed by atoms with Gasteiger partial charge in [0.15, 0.2) is 0 Å². The van der Waals surface area contributed by atoms with Crippen LogP contribution in [0, 0.1) is 6.92 Å². The zero-order chi connectivity index (χ0) is 19.4. The molecule has 2 N–H and O–H groups in total. The molecule has 1 aromatic heterocycles. The highest BCUT2D eigenvalue weighted by molar-refractivity contribution is 6.03. The van der Waals surface area contributed by atoms with Gasteiger partial charge in [0.05, 0.1) is 11.3 Å². The molecule has 2 aromatic carbocycles. The van der Waals surface area contributed by atoms with Crippen molar-refractivity contribution in [2.75, 3.05) is 10.6 Å². The summed E-state index contributed by atoms with van der Waals surface area (Å²) in [6, 6.07) is 13.5. The van der Waals surface area contributed by atoms with Crippen molar-refractivity contribution in [3.8, 4) is 0 Å². The maximum Gasteiger partial charge on any atom is 0.418 e. The largest absolute Gasteiger partial charge is 0.418 e. The molecule has 0 bridgehead atoms. The van der Waals surface area contributed by atoms with Crippen molar-refractivity contribution in [3.05, 3.63) is 77.7 Å². The number of benzene rings is 2. The molecule has 3 aromatic rings. The lowest BCUT2D eigenvalue weighted by atomic mass is 10.1. The first kappa shape index (κ1) is 18.4. The minimum Gasteiger partial charge on any atom is -0.340 e. The molecule has 5 nitrogen and oxygen atoms in total. The van der Waals surface area contributed by atoms with Gasteiger partial charge >= 0.3 is 6.18 Å². The molecule has 0 unspecified atom stereocenters. The number of rotatable bonds is 4. The molecule has 1 heterocycles. The Morgan fingerprint density at radius 1 is 0.963 bits per heavy atom. The molecule has 0 aliphatic heterocycles. The van der Waals surface area contributed by atoms with Crippen LogP contribution in [0.1, 0.15) is 21.6 Å². The second-order valence-corrected chi connectivity index (χ2v) is 5.73. The molecule has 0 aliphatic rings. The molecule has 27 heavy (non-hydrogen) atoms. The highest BCUT2D eigenvalue weighted by Gasteiger charge is 2.33. The number of hydrogen-bond acceptors (Lipinski definition) is 4. The number of halogens is 3. The zero-order valence-corrected chi connectivity index (χ0v) is 14.2. The third kappa shape index (κ3) is 4.41. The number of aryl methyl sites for hydroxylation is 1. The minimum absolute atomic E-state index is 0.0280. The molecule has 0 saturated heterocycles. The second-order valence-electron chi connectivity index (χ2n) is 5.73. The average Bonchev–Trinajstić information content (AvgIpc) is 2.63. The normalized spacial score (nSPS) is 11.1. The van der Waals surface area contributed by atoms with Gasteiger partial charge in [-0.05, 0) is 30.7 Å². The fourth-order valence-electron chi connectivity index (χ4n) is 2.43. The van der Waals surface area contributed by atoms with E-state index in [2.05, 4.69) is 20.6 Å². The van der Waals surface area contributed by atoms with Crippen LogP contribution in [-0.2, 0) is 6.18 Å². The average molecular weight is 372 g/mol. The van der Waals surface area contributed by atoms with Gasteiger partial charge in [-0.15, -0.1) is 0 Å².